The molecule has 0 radical (unpaired) electrons. The van der Waals surface area contributed by atoms with Crippen LogP contribution in [-0.4, -0.2) is 13.9 Å². The van der Waals surface area contributed by atoms with E-state index in [-0.39, 0.29) is 6.15 Å². The van der Waals surface area contributed by atoms with Gasteiger partial charge in [-0.15, -0.1) is 0 Å². The zero-order valence-electron chi connectivity index (χ0n) is 8.37. The van der Waals surface area contributed by atoms with E-state index >= 15 is 0 Å². The van der Waals surface area contributed by atoms with Gasteiger partial charge in [-0.2, -0.15) is 21.6 Å². The molecule has 0 bridgehead atoms. The van der Waals surface area contributed by atoms with Crippen molar-refractivity contribution in [1.29, 1.82) is 0 Å². The number of benzene rings is 1. The fourth-order valence-electron chi connectivity index (χ4n) is 0.839. The lowest BCUT2D eigenvalue weighted by atomic mass is 10.2. The van der Waals surface area contributed by atoms with Crippen LogP contribution < -0.4 is 6.15 Å². The Labute approximate surface area is 105 Å². The highest BCUT2D eigenvalue weighted by Crippen LogP contribution is 2.25. The molecule has 1 rings (SSSR count). The molecule has 0 aliphatic carbocycles. The third kappa shape index (κ3) is 4.62. The molecule has 98 valence electrons. The Morgan fingerprint density at radius 2 is 1.88 bits per heavy atom. The van der Waals surface area contributed by atoms with Gasteiger partial charge in [0, 0.05) is 4.47 Å². The number of rotatable bonds is 3. The largest absolute Gasteiger partial charge is 0.523 e. The van der Waals surface area contributed by atoms with Gasteiger partial charge in [0.25, 0.3) is 0 Å². The van der Waals surface area contributed by atoms with Crippen molar-refractivity contribution in [1.82, 2.24) is 6.15 Å². The number of halogens is 4. The van der Waals surface area contributed by atoms with E-state index in [4.69, 9.17) is 0 Å². The Bertz CT molecular complexity index is 475. The molecule has 0 atom stereocenters. The third-order valence-corrected chi connectivity index (χ3v) is 3.04. The predicted octanol–water partition coefficient (Wildman–Crippen LogP) is 2.98. The number of hydrogen-bond donors (Lipinski definition) is 1. The topological polar surface area (TPSA) is 78.4 Å². The molecule has 4 nitrogen and oxygen atoms in total. The van der Waals surface area contributed by atoms with Crippen LogP contribution in [0.2, 0.25) is 0 Å². The van der Waals surface area contributed by atoms with E-state index in [0.29, 0.717) is 10.0 Å². The lowest BCUT2D eigenvalue weighted by molar-refractivity contribution is -0.0547. The summed E-state index contributed by atoms with van der Waals surface area (Å²) in [5.74, 6) is 0. The van der Waals surface area contributed by atoms with Gasteiger partial charge < -0.3 is 6.15 Å². The summed E-state index contributed by atoms with van der Waals surface area (Å²) in [5.41, 5.74) is -5.07. The van der Waals surface area contributed by atoms with E-state index in [2.05, 4.69) is 20.1 Å². The first-order valence-electron chi connectivity index (χ1n) is 3.92. The molecule has 0 aromatic heterocycles. The minimum atomic E-state index is -5.52. The Hall–Kier alpha value is -0.640. The standard InChI is InChI=1S/C8H6BrF3O3S.H3N/c9-7-3-1-2-6(4-7)5-15-16(13,14)8(10,11)12;/h1-4H,5H2;1H3. The van der Waals surface area contributed by atoms with Crippen molar-refractivity contribution in [3.8, 4) is 0 Å². The molecule has 0 saturated heterocycles. The minimum absolute atomic E-state index is 0. The van der Waals surface area contributed by atoms with E-state index in [1.54, 1.807) is 12.1 Å². The van der Waals surface area contributed by atoms with Gasteiger partial charge in [-0.05, 0) is 17.7 Å². The van der Waals surface area contributed by atoms with Crippen LogP contribution in [0.3, 0.4) is 0 Å². The fraction of sp³-hybridized carbons (Fsp3) is 0.250. The Morgan fingerprint density at radius 3 is 2.35 bits per heavy atom. The van der Waals surface area contributed by atoms with Crippen molar-refractivity contribution in [2.75, 3.05) is 0 Å². The van der Waals surface area contributed by atoms with Crippen LogP contribution in [0.25, 0.3) is 0 Å². The van der Waals surface area contributed by atoms with Crippen LogP contribution in [0.5, 0.6) is 0 Å². The van der Waals surface area contributed by atoms with Crippen molar-refractivity contribution in [3.05, 3.63) is 34.3 Å². The van der Waals surface area contributed by atoms with E-state index < -0.39 is 22.2 Å². The quantitative estimate of drug-likeness (QED) is 0.680. The maximum absolute atomic E-state index is 11.9. The summed E-state index contributed by atoms with van der Waals surface area (Å²) in [5, 5.41) is 0. The first-order valence-corrected chi connectivity index (χ1v) is 6.12. The molecule has 17 heavy (non-hydrogen) atoms. The van der Waals surface area contributed by atoms with Crippen molar-refractivity contribution in [2.24, 2.45) is 0 Å². The van der Waals surface area contributed by atoms with E-state index in [0.717, 1.165) is 0 Å². The number of hydrogen-bond acceptors (Lipinski definition) is 4. The summed E-state index contributed by atoms with van der Waals surface area (Å²) in [6.07, 6.45) is 0. The Balaban J connectivity index is 0.00000256. The normalized spacial score (nSPS) is 12.0. The van der Waals surface area contributed by atoms with Crippen LogP contribution in [0.1, 0.15) is 5.56 Å². The van der Waals surface area contributed by atoms with Gasteiger partial charge in [-0.1, -0.05) is 28.1 Å². The van der Waals surface area contributed by atoms with Crippen molar-refractivity contribution in [2.45, 2.75) is 12.1 Å². The van der Waals surface area contributed by atoms with Gasteiger partial charge in [-0.3, -0.25) is 4.18 Å². The number of alkyl halides is 3. The highest BCUT2D eigenvalue weighted by Gasteiger charge is 2.47. The lowest BCUT2D eigenvalue weighted by Crippen LogP contribution is -2.25. The van der Waals surface area contributed by atoms with Crippen molar-refractivity contribution in [3.63, 3.8) is 0 Å². The van der Waals surface area contributed by atoms with Gasteiger partial charge in [0.1, 0.15) is 0 Å². The summed E-state index contributed by atoms with van der Waals surface area (Å²) < 4.78 is 61.3. The second-order valence-corrected chi connectivity index (χ2v) is 5.31. The van der Waals surface area contributed by atoms with E-state index in [1.807, 2.05) is 0 Å². The molecule has 0 unspecified atom stereocenters. The van der Waals surface area contributed by atoms with Crippen LogP contribution >= 0.6 is 15.9 Å². The van der Waals surface area contributed by atoms with Crippen LogP contribution in [0, 0.1) is 0 Å². The van der Waals surface area contributed by atoms with E-state index in [1.165, 1.54) is 12.1 Å². The van der Waals surface area contributed by atoms with Crippen LogP contribution in [0.4, 0.5) is 13.2 Å². The Morgan fingerprint density at radius 1 is 1.29 bits per heavy atom. The summed E-state index contributed by atoms with van der Waals surface area (Å²) in [7, 11) is -5.52. The second kappa shape index (κ2) is 5.80. The average molecular weight is 336 g/mol. The lowest BCUT2D eigenvalue weighted by Gasteiger charge is -2.08. The summed E-state index contributed by atoms with van der Waals surface area (Å²) in [4.78, 5) is 0. The molecule has 9 heteroatoms. The van der Waals surface area contributed by atoms with Gasteiger partial charge in [-0.25, -0.2) is 0 Å². The monoisotopic (exact) mass is 335 g/mol. The smallest absolute Gasteiger partial charge is 0.344 e. The Kier molecular flexibility index (Phi) is 5.59. The highest BCUT2D eigenvalue weighted by molar-refractivity contribution is 9.10. The molecule has 1 aromatic carbocycles. The highest BCUT2D eigenvalue weighted by atomic mass is 79.9. The molecule has 0 aliphatic heterocycles. The first kappa shape index (κ1) is 16.4. The summed E-state index contributed by atoms with van der Waals surface area (Å²) in [6, 6.07) is 6.13. The maximum atomic E-state index is 11.9. The minimum Gasteiger partial charge on any atom is -0.344 e. The molecule has 0 saturated carbocycles. The second-order valence-electron chi connectivity index (χ2n) is 2.79. The zero-order chi connectivity index (χ0) is 12.4. The van der Waals surface area contributed by atoms with Gasteiger partial charge >= 0.3 is 15.6 Å². The first-order chi connectivity index (χ1) is 7.22. The zero-order valence-corrected chi connectivity index (χ0v) is 10.8. The predicted molar refractivity (Wildman–Crippen MR) is 58.9 cm³/mol. The van der Waals surface area contributed by atoms with Gasteiger partial charge in [0.15, 0.2) is 0 Å². The van der Waals surface area contributed by atoms with Crippen LogP contribution in [0.15, 0.2) is 28.7 Å². The SMILES string of the molecule is N.O=S(=O)(OCc1cccc(Br)c1)C(F)(F)F. The maximum Gasteiger partial charge on any atom is 0.523 e. The van der Waals surface area contributed by atoms with Gasteiger partial charge in [0.05, 0.1) is 6.61 Å². The molecule has 0 spiro atoms. The molecule has 0 amide bonds. The average Bonchev–Trinajstić information content (AvgIpc) is 2.13. The molecule has 0 heterocycles. The van der Waals surface area contributed by atoms with Crippen molar-refractivity contribution < 1.29 is 25.8 Å². The molecular formula is C8H9BrF3NO3S. The third-order valence-electron chi connectivity index (χ3n) is 1.55. The summed E-state index contributed by atoms with van der Waals surface area (Å²) in [6.45, 7) is -0.652. The molecule has 1 aromatic rings. The molecule has 0 fully saturated rings. The molecule has 3 N–H and O–H groups in total. The van der Waals surface area contributed by atoms with Crippen LogP contribution in [-0.2, 0) is 20.9 Å². The van der Waals surface area contributed by atoms with Gasteiger partial charge in [0.2, 0.25) is 0 Å². The summed E-state index contributed by atoms with van der Waals surface area (Å²) >= 11 is 3.09. The molecule has 0 aliphatic rings. The molecular weight excluding hydrogens is 327 g/mol. The fourth-order valence-corrected chi connectivity index (χ4v) is 1.71. The van der Waals surface area contributed by atoms with E-state index in [9.17, 15) is 21.6 Å². The van der Waals surface area contributed by atoms with Crippen molar-refractivity contribution >= 4 is 26.0 Å².